The van der Waals surface area contributed by atoms with Gasteiger partial charge in [0.25, 0.3) is 5.91 Å². The quantitative estimate of drug-likeness (QED) is 0.764. The zero-order chi connectivity index (χ0) is 14.2. The molecular weight excluding hydrogens is 261 g/mol. The van der Waals surface area contributed by atoms with E-state index in [0.717, 1.165) is 6.08 Å². The number of H-pyrrole nitrogens is 1. The molecular formula is C11H13F3N4O. The van der Waals surface area contributed by atoms with Gasteiger partial charge in [0, 0.05) is 24.4 Å². The third kappa shape index (κ3) is 2.56. The largest absolute Gasteiger partial charge is 0.412 e. The highest BCUT2D eigenvalue weighted by molar-refractivity contribution is 5.99. The number of nitrogens with zero attached hydrogens (tertiary/aromatic N) is 2. The van der Waals surface area contributed by atoms with Gasteiger partial charge in [-0.25, -0.2) is 0 Å². The lowest BCUT2D eigenvalue weighted by Gasteiger charge is -2.27. The number of nitrogen functional groups attached to an aromatic ring is 1. The second kappa shape index (κ2) is 4.60. The van der Waals surface area contributed by atoms with Crippen molar-refractivity contribution in [2.45, 2.75) is 19.5 Å². The lowest BCUT2D eigenvalue weighted by Crippen LogP contribution is -2.37. The Labute approximate surface area is 107 Å². The molecule has 5 nitrogen and oxygen atoms in total. The van der Waals surface area contributed by atoms with Crippen LogP contribution in [0.4, 0.5) is 19.0 Å². The average molecular weight is 274 g/mol. The number of halogens is 3. The lowest BCUT2D eigenvalue weighted by molar-refractivity contribution is -0.0957. The van der Waals surface area contributed by atoms with E-state index < -0.39 is 17.7 Å². The number of nitrogens with two attached hydrogens (primary N) is 1. The van der Waals surface area contributed by atoms with Gasteiger partial charge in [0.1, 0.15) is 5.56 Å². The Hall–Kier alpha value is -1.99. The molecule has 0 radical (unpaired) electrons. The van der Waals surface area contributed by atoms with Crippen LogP contribution in [-0.2, 0) is 0 Å². The Bertz CT molecular complexity index is 513. The number of anilines is 1. The second-order valence-corrected chi connectivity index (χ2v) is 4.34. The molecule has 0 aliphatic carbocycles. The van der Waals surface area contributed by atoms with Crippen LogP contribution in [0.5, 0.6) is 0 Å². The molecule has 2 heterocycles. The Morgan fingerprint density at radius 1 is 1.53 bits per heavy atom. The Kier molecular flexibility index (Phi) is 3.25. The molecule has 0 atom stereocenters. The molecule has 0 unspecified atom stereocenters. The van der Waals surface area contributed by atoms with Crippen LogP contribution in [-0.4, -0.2) is 40.3 Å². The highest BCUT2D eigenvalue weighted by atomic mass is 19.4. The van der Waals surface area contributed by atoms with E-state index in [4.69, 9.17) is 5.73 Å². The number of carbonyl (C=O) groups excluding carboxylic acids is 1. The van der Waals surface area contributed by atoms with E-state index in [2.05, 4.69) is 10.2 Å². The van der Waals surface area contributed by atoms with Crippen LogP contribution in [0.15, 0.2) is 11.6 Å². The molecule has 2 rings (SSSR count). The highest BCUT2D eigenvalue weighted by Crippen LogP contribution is 2.30. The number of alkyl halides is 3. The Morgan fingerprint density at radius 2 is 2.21 bits per heavy atom. The second-order valence-electron chi connectivity index (χ2n) is 4.34. The van der Waals surface area contributed by atoms with Crippen LogP contribution in [0, 0.1) is 6.92 Å². The van der Waals surface area contributed by atoms with E-state index in [0.29, 0.717) is 5.69 Å². The van der Waals surface area contributed by atoms with E-state index in [9.17, 15) is 18.0 Å². The first kappa shape index (κ1) is 13.4. The minimum Gasteiger partial charge on any atom is -0.382 e. The van der Waals surface area contributed by atoms with Crippen molar-refractivity contribution < 1.29 is 18.0 Å². The fourth-order valence-electron chi connectivity index (χ4n) is 1.99. The number of amides is 1. The number of carbonyl (C=O) groups is 1. The predicted molar refractivity (Wildman–Crippen MR) is 62.4 cm³/mol. The summed E-state index contributed by atoms with van der Waals surface area (Å²) in [5.41, 5.74) is 5.70. The number of aromatic amines is 1. The molecule has 1 aromatic heterocycles. The summed E-state index contributed by atoms with van der Waals surface area (Å²) in [5.74, 6) is -0.339. The van der Waals surface area contributed by atoms with Gasteiger partial charge < -0.3 is 10.6 Å². The number of hydrogen-bond acceptors (Lipinski definition) is 3. The van der Waals surface area contributed by atoms with Gasteiger partial charge in [-0.3, -0.25) is 9.89 Å². The smallest absolute Gasteiger partial charge is 0.382 e. The van der Waals surface area contributed by atoms with Crippen LogP contribution >= 0.6 is 0 Å². The van der Waals surface area contributed by atoms with Gasteiger partial charge >= 0.3 is 6.18 Å². The minimum absolute atomic E-state index is 0.0221. The number of rotatable bonds is 1. The van der Waals surface area contributed by atoms with Crippen LogP contribution < -0.4 is 5.73 Å². The first-order valence-electron chi connectivity index (χ1n) is 5.66. The van der Waals surface area contributed by atoms with Gasteiger partial charge in [0.2, 0.25) is 0 Å². The van der Waals surface area contributed by atoms with Gasteiger partial charge in [0.05, 0.1) is 0 Å². The molecule has 1 aromatic rings. The highest BCUT2D eigenvalue weighted by Gasteiger charge is 2.36. The van der Waals surface area contributed by atoms with Gasteiger partial charge in [0.15, 0.2) is 5.82 Å². The topological polar surface area (TPSA) is 75.0 Å². The Balaban J connectivity index is 2.15. The van der Waals surface area contributed by atoms with Crippen LogP contribution in [0.1, 0.15) is 22.5 Å². The normalized spacial score (nSPS) is 16.4. The van der Waals surface area contributed by atoms with Crippen LogP contribution in [0.25, 0.3) is 0 Å². The zero-order valence-electron chi connectivity index (χ0n) is 10.2. The number of nitrogens with one attached hydrogen (secondary N) is 1. The molecule has 0 bridgehead atoms. The van der Waals surface area contributed by atoms with Crippen molar-refractivity contribution in [3.63, 3.8) is 0 Å². The fourth-order valence-corrected chi connectivity index (χ4v) is 1.99. The average Bonchev–Trinajstić information content (AvgIpc) is 2.67. The van der Waals surface area contributed by atoms with Gasteiger partial charge in [-0.15, -0.1) is 0 Å². The van der Waals surface area contributed by atoms with Crippen molar-refractivity contribution in [1.82, 2.24) is 15.1 Å². The van der Waals surface area contributed by atoms with Gasteiger partial charge in [-0.05, 0) is 13.3 Å². The lowest BCUT2D eigenvalue weighted by atomic mass is 10.1. The summed E-state index contributed by atoms with van der Waals surface area (Å²) in [4.78, 5) is 13.5. The third-order valence-electron chi connectivity index (χ3n) is 3.05. The molecule has 0 spiro atoms. The molecule has 104 valence electrons. The summed E-state index contributed by atoms with van der Waals surface area (Å²) in [7, 11) is 0. The maximum atomic E-state index is 12.5. The minimum atomic E-state index is -4.32. The number of aromatic nitrogens is 2. The molecule has 19 heavy (non-hydrogen) atoms. The van der Waals surface area contributed by atoms with E-state index in [-0.39, 0.29) is 30.9 Å². The van der Waals surface area contributed by atoms with Gasteiger partial charge in [-0.2, -0.15) is 18.3 Å². The molecule has 8 heteroatoms. The molecule has 1 amide bonds. The summed E-state index contributed by atoms with van der Waals surface area (Å²) >= 11 is 0. The van der Waals surface area contributed by atoms with E-state index in [1.165, 1.54) is 4.90 Å². The summed E-state index contributed by atoms with van der Waals surface area (Å²) in [6.07, 6.45) is -3.49. The Morgan fingerprint density at radius 3 is 2.63 bits per heavy atom. The predicted octanol–water partition coefficient (Wildman–Crippen LogP) is 1.63. The summed E-state index contributed by atoms with van der Waals surface area (Å²) in [5, 5.41) is 6.27. The SMILES string of the molecule is Cc1[nH]nc(N)c1C(=O)N1CC=C(C(F)(F)F)CC1. The maximum Gasteiger partial charge on any atom is 0.412 e. The molecule has 0 fully saturated rings. The standard InChI is InChI=1S/C11H13F3N4O/c1-6-8(9(15)17-16-6)10(19)18-4-2-7(3-5-18)11(12,13)14/h2H,3-5H2,1H3,(H3,15,16,17). The maximum absolute atomic E-state index is 12.5. The van der Waals surface area contributed by atoms with E-state index in [1.807, 2.05) is 0 Å². The summed E-state index contributed by atoms with van der Waals surface area (Å²) in [6.45, 7) is 1.59. The number of hydrogen-bond donors (Lipinski definition) is 2. The molecule has 1 aliphatic heterocycles. The zero-order valence-corrected chi connectivity index (χ0v) is 10.2. The van der Waals surface area contributed by atoms with Crippen molar-refractivity contribution in [2.24, 2.45) is 0 Å². The van der Waals surface area contributed by atoms with Gasteiger partial charge in [-0.1, -0.05) is 6.08 Å². The molecule has 3 N–H and O–H groups in total. The molecule has 0 saturated heterocycles. The monoisotopic (exact) mass is 274 g/mol. The molecule has 0 aromatic carbocycles. The number of aryl methyl sites for hydroxylation is 1. The van der Waals surface area contributed by atoms with Crippen LogP contribution in [0.2, 0.25) is 0 Å². The summed E-state index contributed by atoms with van der Waals surface area (Å²) < 4.78 is 37.4. The van der Waals surface area contributed by atoms with E-state index >= 15 is 0 Å². The van der Waals surface area contributed by atoms with Crippen LogP contribution in [0.3, 0.4) is 0 Å². The van der Waals surface area contributed by atoms with Crippen molar-refractivity contribution in [3.8, 4) is 0 Å². The molecule has 1 aliphatic rings. The first-order chi connectivity index (χ1) is 8.80. The van der Waals surface area contributed by atoms with Crippen molar-refractivity contribution >= 4 is 11.7 Å². The van der Waals surface area contributed by atoms with Crippen molar-refractivity contribution in [2.75, 3.05) is 18.8 Å². The van der Waals surface area contributed by atoms with Crippen molar-refractivity contribution in [3.05, 3.63) is 22.9 Å². The van der Waals surface area contributed by atoms with E-state index in [1.54, 1.807) is 6.92 Å². The van der Waals surface area contributed by atoms with Crippen molar-refractivity contribution in [1.29, 1.82) is 0 Å². The molecule has 0 saturated carbocycles. The first-order valence-corrected chi connectivity index (χ1v) is 5.66. The third-order valence-corrected chi connectivity index (χ3v) is 3.05. The fraction of sp³-hybridized carbons (Fsp3) is 0.455. The summed E-state index contributed by atoms with van der Waals surface area (Å²) in [6, 6.07) is 0.